The lowest BCUT2D eigenvalue weighted by atomic mass is 10.1. The van der Waals surface area contributed by atoms with E-state index in [1.165, 1.54) is 47.8 Å². The van der Waals surface area contributed by atoms with Crippen molar-refractivity contribution in [1.29, 1.82) is 0 Å². The molecule has 0 amide bonds. The molecule has 0 saturated heterocycles. The number of nitrogens with two attached hydrogens (primary N) is 2. The highest BCUT2D eigenvalue weighted by atomic mass is 32.2. The highest BCUT2D eigenvalue weighted by molar-refractivity contribution is 8.18. The fourth-order valence-electron chi connectivity index (χ4n) is 2.59. The van der Waals surface area contributed by atoms with Gasteiger partial charge in [0.25, 0.3) is 0 Å². The van der Waals surface area contributed by atoms with Gasteiger partial charge < -0.3 is 21.3 Å². The maximum absolute atomic E-state index is 12.8. The first kappa shape index (κ1) is 21.6. The molecule has 0 aliphatic rings. The monoisotopic (exact) mass is 440 g/mol. The Kier molecular flexibility index (Phi) is 6.59. The molecule has 5 N–H and O–H groups in total. The highest BCUT2D eigenvalue weighted by Crippen LogP contribution is 2.49. The van der Waals surface area contributed by atoms with Crippen LogP contribution in [0.15, 0.2) is 82.6 Å². The molecule has 0 aliphatic carbocycles. The zero-order valence-electron chi connectivity index (χ0n) is 16.1. The Balaban J connectivity index is 1.90. The van der Waals surface area contributed by atoms with Crippen LogP contribution in [0.4, 0.5) is 11.4 Å². The van der Waals surface area contributed by atoms with Crippen molar-refractivity contribution in [1.82, 2.24) is 0 Å². The number of anilines is 2. The first-order valence-corrected chi connectivity index (χ1v) is 10.5. The maximum Gasteiger partial charge on any atom is 0.340 e. The minimum atomic E-state index is -1.09. The first-order valence-electron chi connectivity index (χ1n) is 8.91. The zero-order valence-corrected chi connectivity index (χ0v) is 17.7. The van der Waals surface area contributed by atoms with Gasteiger partial charge in [0, 0.05) is 21.2 Å². The van der Waals surface area contributed by atoms with Crippen LogP contribution in [-0.2, 0) is 4.74 Å². The number of ether oxygens (including phenoxy) is 1. The lowest BCUT2D eigenvalue weighted by Gasteiger charge is -2.29. The van der Waals surface area contributed by atoms with E-state index in [1.54, 1.807) is 19.1 Å². The van der Waals surface area contributed by atoms with Gasteiger partial charge in [-0.05, 0) is 55.5 Å². The van der Waals surface area contributed by atoms with E-state index < -0.39 is 16.2 Å². The molecule has 0 saturated carbocycles. The Morgan fingerprint density at radius 1 is 0.800 bits per heavy atom. The summed E-state index contributed by atoms with van der Waals surface area (Å²) in [5.74, 6) is -1.65. The van der Waals surface area contributed by atoms with Crippen molar-refractivity contribution in [3.63, 3.8) is 0 Å². The number of nitrogen functional groups attached to an aromatic ring is 2. The Labute approximate surface area is 182 Å². The van der Waals surface area contributed by atoms with Gasteiger partial charge in [-0.25, -0.2) is 9.59 Å². The van der Waals surface area contributed by atoms with Gasteiger partial charge in [-0.15, -0.1) is 0 Å². The van der Waals surface area contributed by atoms with Gasteiger partial charge in [0.05, 0.1) is 11.1 Å². The molecular weight excluding hydrogens is 420 g/mol. The molecule has 0 aromatic heterocycles. The number of benzene rings is 3. The van der Waals surface area contributed by atoms with Crippen molar-refractivity contribution in [2.75, 3.05) is 11.5 Å². The second kappa shape index (κ2) is 9.15. The zero-order chi connectivity index (χ0) is 21.7. The van der Waals surface area contributed by atoms with E-state index in [1.807, 2.05) is 36.4 Å². The molecule has 0 bridgehead atoms. The fourth-order valence-corrected chi connectivity index (χ4v) is 4.99. The summed E-state index contributed by atoms with van der Waals surface area (Å²) in [6, 6.07) is 20.2. The smallest absolute Gasteiger partial charge is 0.340 e. The van der Waals surface area contributed by atoms with Crippen molar-refractivity contribution < 1.29 is 19.4 Å². The van der Waals surface area contributed by atoms with Crippen LogP contribution in [0.3, 0.4) is 0 Å². The van der Waals surface area contributed by atoms with E-state index in [0.717, 1.165) is 9.79 Å². The molecule has 154 valence electrons. The third-order valence-electron chi connectivity index (χ3n) is 4.07. The second-order valence-electron chi connectivity index (χ2n) is 6.41. The third kappa shape index (κ3) is 5.28. The molecule has 0 aliphatic heterocycles. The van der Waals surface area contributed by atoms with Crippen LogP contribution in [0.5, 0.6) is 0 Å². The summed E-state index contributed by atoms with van der Waals surface area (Å²) in [6.07, 6.45) is 0. The quantitative estimate of drug-likeness (QED) is 0.204. The van der Waals surface area contributed by atoms with Crippen LogP contribution >= 0.6 is 23.5 Å². The molecular formula is C22H20N2O4S2. The number of thioether (sulfide) groups is 2. The van der Waals surface area contributed by atoms with Gasteiger partial charge >= 0.3 is 11.9 Å². The van der Waals surface area contributed by atoms with Gasteiger partial charge in [-0.1, -0.05) is 47.8 Å². The van der Waals surface area contributed by atoms with Gasteiger partial charge in [-0.3, -0.25) is 0 Å². The number of esters is 1. The Hall–Kier alpha value is -3.10. The first-order chi connectivity index (χ1) is 14.3. The van der Waals surface area contributed by atoms with Gasteiger partial charge in [-0.2, -0.15) is 0 Å². The molecule has 0 atom stereocenters. The molecule has 3 aromatic carbocycles. The van der Waals surface area contributed by atoms with E-state index in [0.29, 0.717) is 11.4 Å². The summed E-state index contributed by atoms with van der Waals surface area (Å²) >= 11 is 2.59. The third-order valence-corrected chi connectivity index (χ3v) is 6.67. The van der Waals surface area contributed by atoms with E-state index in [9.17, 15) is 9.59 Å². The normalized spacial score (nSPS) is 11.1. The number of carbonyl (C=O) groups excluding carboxylic acids is 1. The standard InChI is InChI=1S/C22H20N2O4S2/c1-22(29-18-8-4-2-6-16(18)23,30-19-9-5-3-7-17(19)24)28-21(27)15-12-10-14(11-13-15)20(25)26/h2-13H,23-24H2,1H3,(H,25,26). The molecule has 8 heteroatoms. The number of rotatable bonds is 7. The number of carboxylic acid groups (broad SMARTS) is 1. The van der Waals surface area contributed by atoms with Crippen molar-refractivity contribution in [3.8, 4) is 0 Å². The molecule has 6 nitrogen and oxygen atoms in total. The number of para-hydroxylation sites is 2. The second-order valence-corrected chi connectivity index (χ2v) is 9.52. The summed E-state index contributed by atoms with van der Waals surface area (Å²) in [4.78, 5) is 25.4. The average Bonchev–Trinajstić information content (AvgIpc) is 2.71. The van der Waals surface area contributed by atoms with E-state index in [4.69, 9.17) is 21.3 Å². The average molecular weight is 441 g/mol. The minimum absolute atomic E-state index is 0.0900. The van der Waals surface area contributed by atoms with Crippen molar-refractivity contribution in [3.05, 3.63) is 83.9 Å². The largest absolute Gasteiger partial charge is 0.478 e. The number of aromatic carboxylic acids is 1. The van der Waals surface area contributed by atoms with Gasteiger partial charge in [0.15, 0.2) is 0 Å². The van der Waals surface area contributed by atoms with Gasteiger partial charge in [0.1, 0.15) is 0 Å². The van der Waals surface area contributed by atoms with Crippen molar-refractivity contribution in [2.45, 2.75) is 21.0 Å². The lowest BCUT2D eigenvalue weighted by Crippen LogP contribution is -2.25. The Bertz CT molecular complexity index is 1020. The van der Waals surface area contributed by atoms with Crippen LogP contribution in [0.1, 0.15) is 27.6 Å². The number of carbonyl (C=O) groups is 2. The highest BCUT2D eigenvalue weighted by Gasteiger charge is 2.34. The number of hydrogen-bond acceptors (Lipinski definition) is 7. The SMILES string of the molecule is CC(OC(=O)c1ccc(C(=O)O)cc1)(Sc1ccccc1N)Sc1ccccc1N. The summed E-state index contributed by atoms with van der Waals surface area (Å²) in [5.41, 5.74) is 13.6. The van der Waals surface area contributed by atoms with Crippen LogP contribution in [0, 0.1) is 0 Å². The van der Waals surface area contributed by atoms with Crippen LogP contribution in [0.2, 0.25) is 0 Å². The van der Waals surface area contributed by atoms with Crippen molar-refractivity contribution in [2.24, 2.45) is 0 Å². The molecule has 0 fully saturated rings. The minimum Gasteiger partial charge on any atom is -0.478 e. The predicted octanol–water partition coefficient (Wildman–Crippen LogP) is 4.96. The lowest BCUT2D eigenvalue weighted by molar-refractivity contribution is 0.0431. The predicted molar refractivity (Wildman–Crippen MR) is 121 cm³/mol. The summed E-state index contributed by atoms with van der Waals surface area (Å²) < 4.78 is 4.78. The molecule has 0 unspecified atom stereocenters. The Morgan fingerprint density at radius 3 is 1.67 bits per heavy atom. The van der Waals surface area contributed by atoms with Crippen LogP contribution in [-0.4, -0.2) is 21.3 Å². The fraction of sp³-hybridized carbons (Fsp3) is 0.0909. The van der Waals surface area contributed by atoms with Crippen LogP contribution in [0.25, 0.3) is 0 Å². The molecule has 3 aromatic rings. The molecule has 3 rings (SSSR count). The Morgan fingerprint density at radius 2 is 1.23 bits per heavy atom. The van der Waals surface area contributed by atoms with E-state index in [-0.39, 0.29) is 11.1 Å². The molecule has 30 heavy (non-hydrogen) atoms. The van der Waals surface area contributed by atoms with Crippen LogP contribution < -0.4 is 11.5 Å². The molecule has 0 spiro atoms. The number of hydrogen-bond donors (Lipinski definition) is 3. The topological polar surface area (TPSA) is 116 Å². The van der Waals surface area contributed by atoms with Crippen molar-refractivity contribution >= 4 is 46.8 Å². The maximum atomic E-state index is 12.8. The molecule has 0 heterocycles. The summed E-state index contributed by atoms with van der Waals surface area (Å²) in [5, 5.41) is 9.03. The van der Waals surface area contributed by atoms with Gasteiger partial charge in [0.2, 0.25) is 4.27 Å². The van der Waals surface area contributed by atoms with E-state index in [2.05, 4.69) is 0 Å². The summed E-state index contributed by atoms with van der Waals surface area (Å²) in [6.45, 7) is 1.77. The molecule has 0 radical (unpaired) electrons. The number of carboxylic acids is 1. The van der Waals surface area contributed by atoms with E-state index >= 15 is 0 Å². The summed E-state index contributed by atoms with van der Waals surface area (Å²) in [7, 11) is 0.